The molecule has 2 fully saturated rings. The molecular formula is C14H23F3N2O2. The van der Waals surface area contributed by atoms with E-state index < -0.39 is 18.1 Å². The predicted molar refractivity (Wildman–Crippen MR) is 71.7 cm³/mol. The van der Waals surface area contributed by atoms with Gasteiger partial charge in [0.05, 0.1) is 12.0 Å². The van der Waals surface area contributed by atoms with E-state index in [1.54, 1.807) is 11.9 Å². The third kappa shape index (κ3) is 4.57. The molecule has 2 rings (SSSR count). The molecule has 0 aromatic rings. The lowest BCUT2D eigenvalue weighted by molar-refractivity contribution is -0.180. The molecule has 1 N–H and O–H groups in total. The van der Waals surface area contributed by atoms with E-state index in [1.807, 2.05) is 0 Å². The first-order chi connectivity index (χ1) is 9.88. The molecule has 2 unspecified atom stereocenters. The van der Waals surface area contributed by atoms with Gasteiger partial charge in [0, 0.05) is 33.4 Å². The van der Waals surface area contributed by atoms with Crippen molar-refractivity contribution in [1.82, 2.24) is 10.2 Å². The smallest absolute Gasteiger partial charge is 0.381 e. The Kier molecular flexibility index (Phi) is 5.48. The number of rotatable bonds is 3. The van der Waals surface area contributed by atoms with Crippen molar-refractivity contribution in [3.8, 4) is 0 Å². The Morgan fingerprint density at radius 3 is 2.43 bits per heavy atom. The normalized spacial score (nSPS) is 28.4. The van der Waals surface area contributed by atoms with Crippen LogP contribution in [-0.4, -0.2) is 56.4 Å². The van der Waals surface area contributed by atoms with Crippen molar-refractivity contribution in [2.45, 2.75) is 37.9 Å². The molecule has 0 spiro atoms. The summed E-state index contributed by atoms with van der Waals surface area (Å²) in [5.74, 6) is -0.997. The molecule has 1 amide bonds. The van der Waals surface area contributed by atoms with Crippen LogP contribution in [0.15, 0.2) is 0 Å². The number of alkyl halides is 3. The number of amides is 1. The fourth-order valence-corrected chi connectivity index (χ4v) is 3.02. The first-order valence-corrected chi connectivity index (χ1v) is 7.50. The summed E-state index contributed by atoms with van der Waals surface area (Å²) in [5.41, 5.74) is 0. The zero-order valence-electron chi connectivity index (χ0n) is 12.3. The van der Waals surface area contributed by atoms with Crippen LogP contribution >= 0.6 is 0 Å². The molecule has 0 aromatic carbocycles. The van der Waals surface area contributed by atoms with Gasteiger partial charge in [-0.2, -0.15) is 13.2 Å². The first kappa shape index (κ1) is 16.5. The maximum Gasteiger partial charge on any atom is 0.393 e. The zero-order chi connectivity index (χ0) is 15.5. The summed E-state index contributed by atoms with van der Waals surface area (Å²) < 4.78 is 43.0. The number of halogens is 3. The van der Waals surface area contributed by atoms with Crippen LogP contribution in [0.3, 0.4) is 0 Å². The number of likely N-dealkylation sites (N-methyl/N-ethyl adjacent to an activating group) is 1. The summed E-state index contributed by atoms with van der Waals surface area (Å²) in [4.78, 5) is 13.9. The second-order valence-electron chi connectivity index (χ2n) is 6.05. The lowest BCUT2D eigenvalue weighted by Gasteiger charge is -2.34. The summed E-state index contributed by atoms with van der Waals surface area (Å²) >= 11 is 0. The first-order valence-electron chi connectivity index (χ1n) is 7.50. The van der Waals surface area contributed by atoms with Crippen molar-refractivity contribution in [1.29, 1.82) is 0 Å². The highest BCUT2D eigenvalue weighted by Crippen LogP contribution is 2.32. The van der Waals surface area contributed by atoms with E-state index >= 15 is 0 Å². The third-order valence-corrected chi connectivity index (χ3v) is 4.42. The number of ether oxygens (including phenoxy) is 1. The van der Waals surface area contributed by atoms with Crippen molar-refractivity contribution in [3.05, 3.63) is 0 Å². The van der Waals surface area contributed by atoms with Gasteiger partial charge in [-0.1, -0.05) is 0 Å². The minimum absolute atomic E-state index is 0.0258. The predicted octanol–water partition coefficient (Wildman–Crippen LogP) is 1.80. The highest BCUT2D eigenvalue weighted by molar-refractivity contribution is 5.81. The number of nitrogens with zero attached hydrogens (tertiary/aromatic N) is 1. The average molecular weight is 308 g/mol. The third-order valence-electron chi connectivity index (χ3n) is 4.42. The largest absolute Gasteiger partial charge is 0.393 e. The maximum absolute atomic E-state index is 12.6. The summed E-state index contributed by atoms with van der Waals surface area (Å²) in [6, 6.07) is -0.478. The zero-order valence-corrected chi connectivity index (χ0v) is 12.3. The van der Waals surface area contributed by atoms with Crippen molar-refractivity contribution in [2.75, 3.05) is 33.4 Å². The molecule has 2 saturated heterocycles. The fraction of sp³-hybridized carbons (Fsp3) is 0.929. The molecule has 0 bridgehead atoms. The van der Waals surface area contributed by atoms with Crippen LogP contribution in [0.4, 0.5) is 13.2 Å². The Hall–Kier alpha value is -0.820. The molecule has 0 aliphatic carbocycles. The minimum Gasteiger partial charge on any atom is -0.381 e. The Morgan fingerprint density at radius 2 is 1.90 bits per heavy atom. The fourth-order valence-electron chi connectivity index (χ4n) is 3.02. The van der Waals surface area contributed by atoms with E-state index in [2.05, 4.69) is 5.32 Å². The minimum atomic E-state index is -4.17. The summed E-state index contributed by atoms with van der Waals surface area (Å²) in [5, 5.41) is 2.76. The summed E-state index contributed by atoms with van der Waals surface area (Å²) in [6.07, 6.45) is -2.02. The molecule has 122 valence electrons. The van der Waals surface area contributed by atoms with Crippen LogP contribution in [-0.2, 0) is 9.53 Å². The summed E-state index contributed by atoms with van der Waals surface area (Å²) in [7, 11) is 1.73. The van der Waals surface area contributed by atoms with Gasteiger partial charge in [0.1, 0.15) is 0 Å². The molecule has 2 aliphatic heterocycles. The van der Waals surface area contributed by atoms with Crippen molar-refractivity contribution >= 4 is 5.91 Å². The van der Waals surface area contributed by atoms with Crippen molar-refractivity contribution < 1.29 is 22.7 Å². The average Bonchev–Trinajstić information content (AvgIpc) is 2.46. The van der Waals surface area contributed by atoms with Crippen molar-refractivity contribution in [2.24, 2.45) is 11.8 Å². The number of piperidine rings is 1. The Morgan fingerprint density at radius 1 is 1.24 bits per heavy atom. The van der Waals surface area contributed by atoms with Crippen LogP contribution in [0.2, 0.25) is 0 Å². The lowest BCUT2D eigenvalue weighted by Crippen LogP contribution is -2.52. The second kappa shape index (κ2) is 6.96. The van der Waals surface area contributed by atoms with E-state index in [1.165, 1.54) is 0 Å². The van der Waals surface area contributed by atoms with Gasteiger partial charge in [0.15, 0.2) is 0 Å². The van der Waals surface area contributed by atoms with Gasteiger partial charge < -0.3 is 15.0 Å². The molecule has 7 heteroatoms. The quantitative estimate of drug-likeness (QED) is 0.864. The monoisotopic (exact) mass is 308 g/mol. The molecular weight excluding hydrogens is 285 g/mol. The van der Waals surface area contributed by atoms with Gasteiger partial charge >= 0.3 is 6.18 Å². The van der Waals surface area contributed by atoms with E-state index in [0.717, 1.165) is 26.1 Å². The van der Waals surface area contributed by atoms with E-state index in [9.17, 15) is 18.0 Å². The van der Waals surface area contributed by atoms with E-state index in [4.69, 9.17) is 4.74 Å². The molecule has 0 aromatic heterocycles. The van der Waals surface area contributed by atoms with Gasteiger partial charge in [-0.25, -0.2) is 0 Å². The van der Waals surface area contributed by atoms with Crippen LogP contribution < -0.4 is 5.32 Å². The van der Waals surface area contributed by atoms with E-state index in [0.29, 0.717) is 12.5 Å². The number of hydrogen-bond acceptors (Lipinski definition) is 3. The van der Waals surface area contributed by atoms with Crippen LogP contribution in [0.1, 0.15) is 25.7 Å². The van der Waals surface area contributed by atoms with Gasteiger partial charge in [0.25, 0.3) is 0 Å². The van der Waals surface area contributed by atoms with Gasteiger partial charge in [-0.3, -0.25) is 4.79 Å². The molecule has 4 nitrogen and oxygen atoms in total. The molecule has 0 radical (unpaired) electrons. The van der Waals surface area contributed by atoms with Crippen LogP contribution in [0.25, 0.3) is 0 Å². The maximum atomic E-state index is 12.6. The van der Waals surface area contributed by atoms with Gasteiger partial charge in [0.2, 0.25) is 5.91 Å². The molecule has 2 heterocycles. The second-order valence-corrected chi connectivity index (χ2v) is 6.05. The summed E-state index contributed by atoms with van der Waals surface area (Å²) in [6.45, 7) is 1.94. The molecule has 0 saturated carbocycles. The van der Waals surface area contributed by atoms with Crippen LogP contribution in [0.5, 0.6) is 0 Å². The van der Waals surface area contributed by atoms with E-state index in [-0.39, 0.29) is 25.3 Å². The topological polar surface area (TPSA) is 41.6 Å². The van der Waals surface area contributed by atoms with Gasteiger partial charge in [-0.15, -0.1) is 0 Å². The lowest BCUT2D eigenvalue weighted by atomic mass is 9.93. The Labute approximate surface area is 123 Å². The highest BCUT2D eigenvalue weighted by Gasteiger charge is 2.42. The Balaban J connectivity index is 1.78. The van der Waals surface area contributed by atoms with Crippen molar-refractivity contribution in [3.63, 3.8) is 0 Å². The number of nitrogens with one attached hydrogen (secondary N) is 1. The number of carbonyl (C=O) groups excluding carboxylic acids is 1. The van der Waals surface area contributed by atoms with Gasteiger partial charge in [-0.05, 0) is 31.6 Å². The molecule has 2 atom stereocenters. The SMILES string of the molecule is CN(CC1CCOCC1)C(=O)C1CCC(C(F)(F)F)CN1. The molecule has 2 aliphatic rings. The molecule has 21 heavy (non-hydrogen) atoms. The standard InChI is InChI=1S/C14H23F3N2O2/c1-19(9-10-4-6-21-7-5-10)13(20)12-3-2-11(8-18-12)14(15,16)17/h10-12,18H,2-9H2,1H3. The highest BCUT2D eigenvalue weighted by atomic mass is 19.4. The Bertz CT molecular complexity index is 349. The van der Waals surface area contributed by atoms with Crippen LogP contribution in [0, 0.1) is 11.8 Å². The number of hydrogen-bond donors (Lipinski definition) is 1. The number of carbonyl (C=O) groups is 1.